The number of rotatable bonds is 3. The summed E-state index contributed by atoms with van der Waals surface area (Å²) >= 11 is 0. The van der Waals surface area contributed by atoms with Gasteiger partial charge in [-0.25, -0.2) is 0 Å². The fraction of sp³-hybridized carbons (Fsp3) is 0.909. The van der Waals surface area contributed by atoms with Crippen molar-refractivity contribution in [2.75, 3.05) is 6.61 Å². The van der Waals surface area contributed by atoms with Gasteiger partial charge >= 0.3 is 0 Å². The molecule has 0 aromatic carbocycles. The molecule has 0 aliphatic heterocycles. The molecule has 2 rings (SSSR count). The molecular formula is C11H19NO2. The van der Waals surface area contributed by atoms with E-state index in [1.165, 1.54) is 12.8 Å². The van der Waals surface area contributed by atoms with Crippen molar-refractivity contribution in [3.8, 4) is 0 Å². The van der Waals surface area contributed by atoms with Gasteiger partial charge in [-0.1, -0.05) is 19.3 Å². The molecule has 2 fully saturated rings. The number of amides is 1. The molecular weight excluding hydrogens is 178 g/mol. The van der Waals surface area contributed by atoms with Crippen LogP contribution in [0.25, 0.3) is 0 Å². The molecule has 0 atom stereocenters. The van der Waals surface area contributed by atoms with Crippen LogP contribution in [0.2, 0.25) is 0 Å². The lowest BCUT2D eigenvalue weighted by molar-refractivity contribution is -0.140. The Morgan fingerprint density at radius 2 is 1.93 bits per heavy atom. The number of hydrogen-bond donors (Lipinski definition) is 2. The number of aliphatic hydroxyl groups is 1. The van der Waals surface area contributed by atoms with Crippen LogP contribution < -0.4 is 5.32 Å². The second-order valence-electron chi connectivity index (χ2n) is 4.75. The van der Waals surface area contributed by atoms with Crippen LogP contribution in [-0.4, -0.2) is 23.7 Å². The highest BCUT2D eigenvalue weighted by Gasteiger charge is 2.44. The van der Waals surface area contributed by atoms with E-state index in [0.717, 1.165) is 32.1 Å². The molecule has 0 spiro atoms. The highest BCUT2D eigenvalue weighted by Crippen LogP contribution is 2.40. The molecule has 0 bridgehead atoms. The van der Waals surface area contributed by atoms with Gasteiger partial charge in [-0.05, 0) is 25.7 Å². The van der Waals surface area contributed by atoms with E-state index in [1.54, 1.807) is 0 Å². The number of hydrogen-bond acceptors (Lipinski definition) is 2. The van der Waals surface area contributed by atoms with E-state index in [9.17, 15) is 9.90 Å². The first-order valence-corrected chi connectivity index (χ1v) is 5.69. The molecule has 0 heterocycles. The van der Waals surface area contributed by atoms with Crippen LogP contribution >= 0.6 is 0 Å². The van der Waals surface area contributed by atoms with Gasteiger partial charge in [-0.3, -0.25) is 4.79 Å². The van der Waals surface area contributed by atoms with Gasteiger partial charge < -0.3 is 10.4 Å². The third-order valence-corrected chi connectivity index (χ3v) is 3.79. The molecule has 0 radical (unpaired) electrons. The third-order valence-electron chi connectivity index (χ3n) is 3.79. The summed E-state index contributed by atoms with van der Waals surface area (Å²) < 4.78 is 0. The minimum Gasteiger partial charge on any atom is -0.395 e. The largest absolute Gasteiger partial charge is 0.395 e. The van der Waals surface area contributed by atoms with Crippen LogP contribution in [0.4, 0.5) is 0 Å². The van der Waals surface area contributed by atoms with Gasteiger partial charge in [0, 0.05) is 6.04 Å². The topological polar surface area (TPSA) is 49.3 Å². The van der Waals surface area contributed by atoms with Gasteiger partial charge in [0.25, 0.3) is 0 Å². The maximum atomic E-state index is 11.9. The predicted molar refractivity (Wildman–Crippen MR) is 53.8 cm³/mol. The van der Waals surface area contributed by atoms with Gasteiger partial charge in [0.1, 0.15) is 0 Å². The molecule has 0 unspecified atom stereocenters. The second kappa shape index (κ2) is 3.89. The van der Waals surface area contributed by atoms with Gasteiger partial charge in [0.15, 0.2) is 0 Å². The average Bonchev–Trinajstić information content (AvgIpc) is 2.55. The first-order chi connectivity index (χ1) is 6.77. The predicted octanol–water partition coefficient (Wildman–Crippen LogP) is 1.21. The lowest BCUT2D eigenvalue weighted by Gasteiger charge is -2.39. The number of aliphatic hydroxyl groups excluding tert-OH is 1. The van der Waals surface area contributed by atoms with Crippen molar-refractivity contribution in [1.82, 2.24) is 5.32 Å². The molecule has 3 heteroatoms. The van der Waals surface area contributed by atoms with E-state index in [-0.39, 0.29) is 12.5 Å². The lowest BCUT2D eigenvalue weighted by atomic mass is 9.68. The molecule has 2 saturated carbocycles. The zero-order valence-corrected chi connectivity index (χ0v) is 8.59. The summed E-state index contributed by atoms with van der Waals surface area (Å²) in [7, 11) is 0. The van der Waals surface area contributed by atoms with Crippen LogP contribution in [0.5, 0.6) is 0 Å². The van der Waals surface area contributed by atoms with Crippen molar-refractivity contribution in [3.63, 3.8) is 0 Å². The minimum atomic E-state index is -0.414. The van der Waals surface area contributed by atoms with Crippen molar-refractivity contribution >= 4 is 5.91 Å². The SMILES string of the molecule is O=C(NC1CCCC1)C1(CO)CCC1. The number of nitrogens with one attached hydrogen (secondary N) is 1. The first-order valence-electron chi connectivity index (χ1n) is 5.69. The molecule has 3 nitrogen and oxygen atoms in total. The van der Waals surface area contributed by atoms with Crippen molar-refractivity contribution in [1.29, 1.82) is 0 Å². The molecule has 2 aliphatic carbocycles. The summed E-state index contributed by atoms with van der Waals surface area (Å²) in [6, 6.07) is 0.381. The normalized spacial score (nSPS) is 25.8. The summed E-state index contributed by atoms with van der Waals surface area (Å²) in [5.74, 6) is 0.0955. The molecule has 0 saturated heterocycles. The minimum absolute atomic E-state index is 0.0194. The molecule has 2 N–H and O–H groups in total. The zero-order valence-electron chi connectivity index (χ0n) is 8.59. The molecule has 80 valence electrons. The van der Waals surface area contributed by atoms with E-state index in [2.05, 4.69) is 5.32 Å². The van der Waals surface area contributed by atoms with Crippen molar-refractivity contribution in [2.24, 2.45) is 5.41 Å². The average molecular weight is 197 g/mol. The summed E-state index contributed by atoms with van der Waals surface area (Å²) in [4.78, 5) is 11.9. The highest BCUT2D eigenvalue weighted by molar-refractivity contribution is 5.83. The van der Waals surface area contributed by atoms with E-state index < -0.39 is 5.41 Å². The summed E-state index contributed by atoms with van der Waals surface area (Å²) in [6.07, 6.45) is 7.51. The van der Waals surface area contributed by atoms with E-state index in [4.69, 9.17) is 0 Å². The van der Waals surface area contributed by atoms with Gasteiger partial charge in [-0.2, -0.15) is 0 Å². The number of carbonyl (C=O) groups is 1. The second-order valence-corrected chi connectivity index (χ2v) is 4.75. The fourth-order valence-corrected chi connectivity index (χ4v) is 2.47. The first kappa shape index (κ1) is 9.97. The zero-order chi connectivity index (χ0) is 10.0. The summed E-state index contributed by atoms with van der Waals surface area (Å²) in [6.45, 7) is 0.0194. The Balaban J connectivity index is 1.87. The van der Waals surface area contributed by atoms with Gasteiger partial charge in [0.2, 0.25) is 5.91 Å². The van der Waals surface area contributed by atoms with Crippen molar-refractivity contribution in [3.05, 3.63) is 0 Å². The Morgan fingerprint density at radius 3 is 2.36 bits per heavy atom. The maximum Gasteiger partial charge on any atom is 0.228 e. The number of carbonyl (C=O) groups excluding carboxylic acids is 1. The van der Waals surface area contributed by atoms with Gasteiger partial charge in [-0.15, -0.1) is 0 Å². The fourth-order valence-electron chi connectivity index (χ4n) is 2.47. The van der Waals surface area contributed by atoms with E-state index >= 15 is 0 Å². The molecule has 2 aliphatic rings. The molecule has 0 aromatic heterocycles. The van der Waals surface area contributed by atoms with Crippen LogP contribution in [0, 0.1) is 5.41 Å². The summed E-state index contributed by atoms with van der Waals surface area (Å²) in [5.41, 5.74) is -0.414. The van der Waals surface area contributed by atoms with Crippen LogP contribution in [-0.2, 0) is 4.79 Å². The monoisotopic (exact) mass is 197 g/mol. The standard InChI is InChI=1S/C11H19NO2/c13-8-11(6-3-7-11)10(14)12-9-4-1-2-5-9/h9,13H,1-8H2,(H,12,14). The maximum absolute atomic E-state index is 11.9. The van der Waals surface area contributed by atoms with E-state index in [1.807, 2.05) is 0 Å². The Labute approximate surface area is 84.9 Å². The third kappa shape index (κ3) is 1.65. The van der Waals surface area contributed by atoms with Crippen LogP contribution in [0.1, 0.15) is 44.9 Å². The lowest BCUT2D eigenvalue weighted by Crippen LogP contribution is -2.50. The van der Waals surface area contributed by atoms with Crippen molar-refractivity contribution < 1.29 is 9.90 Å². The Kier molecular flexibility index (Phi) is 2.77. The Hall–Kier alpha value is -0.570. The van der Waals surface area contributed by atoms with Crippen LogP contribution in [0.3, 0.4) is 0 Å². The Bertz CT molecular complexity index is 212. The molecule has 0 aromatic rings. The Morgan fingerprint density at radius 1 is 1.29 bits per heavy atom. The quantitative estimate of drug-likeness (QED) is 0.714. The van der Waals surface area contributed by atoms with Crippen molar-refractivity contribution in [2.45, 2.75) is 51.0 Å². The summed E-state index contributed by atoms with van der Waals surface area (Å²) in [5, 5.41) is 12.3. The van der Waals surface area contributed by atoms with Crippen LogP contribution in [0.15, 0.2) is 0 Å². The smallest absolute Gasteiger partial charge is 0.228 e. The van der Waals surface area contributed by atoms with Gasteiger partial charge in [0.05, 0.1) is 12.0 Å². The molecule has 14 heavy (non-hydrogen) atoms. The van der Waals surface area contributed by atoms with E-state index in [0.29, 0.717) is 6.04 Å². The highest BCUT2D eigenvalue weighted by atomic mass is 16.3. The molecule has 1 amide bonds.